The molecule has 0 unspecified atom stereocenters. The van der Waals surface area contributed by atoms with E-state index in [9.17, 15) is 18.0 Å². The number of fused-ring (bicyclic) bond motifs is 1. The molecular weight excluding hydrogens is 335 g/mol. The normalized spacial score (nSPS) is 11.7. The van der Waals surface area contributed by atoms with Gasteiger partial charge in [0.15, 0.2) is 0 Å². The van der Waals surface area contributed by atoms with Crippen molar-refractivity contribution in [2.45, 2.75) is 19.6 Å². The third-order valence-electron chi connectivity index (χ3n) is 3.57. The molecule has 0 amide bonds. The molecule has 0 fully saturated rings. The van der Waals surface area contributed by atoms with Crippen LogP contribution < -0.4 is 0 Å². The first kappa shape index (κ1) is 16.9. The molecule has 2 aromatic heterocycles. The highest BCUT2D eigenvalue weighted by Crippen LogP contribution is 2.33. The Morgan fingerprint density at radius 3 is 2.64 bits per heavy atom. The number of carbonyl (C=O) groups is 1. The second-order valence-corrected chi connectivity index (χ2v) is 5.23. The zero-order chi connectivity index (χ0) is 18.0. The smallest absolute Gasteiger partial charge is 0.449 e. The summed E-state index contributed by atoms with van der Waals surface area (Å²) in [5.74, 6) is -1.78. The SMILES string of the molecule is CCOC(=O)c1cccc2c1nc(C(F)(F)F)n2Cc1ccccn1. The number of hydrogen-bond donors (Lipinski definition) is 0. The number of pyridine rings is 1. The number of para-hydroxylation sites is 1. The summed E-state index contributed by atoms with van der Waals surface area (Å²) in [6.45, 7) is 1.63. The van der Waals surface area contributed by atoms with E-state index in [1.807, 2.05) is 0 Å². The van der Waals surface area contributed by atoms with Gasteiger partial charge in [-0.15, -0.1) is 0 Å². The molecule has 5 nitrogen and oxygen atoms in total. The minimum absolute atomic E-state index is 0.00428. The van der Waals surface area contributed by atoms with Crippen molar-refractivity contribution in [3.63, 3.8) is 0 Å². The molecule has 25 heavy (non-hydrogen) atoms. The number of carbonyl (C=O) groups excluding carboxylic acids is 1. The summed E-state index contributed by atoms with van der Waals surface area (Å²) in [4.78, 5) is 19.8. The van der Waals surface area contributed by atoms with Gasteiger partial charge in [-0.3, -0.25) is 4.98 Å². The predicted octanol–water partition coefficient (Wildman–Crippen LogP) is 3.68. The Bertz CT molecular complexity index is 905. The van der Waals surface area contributed by atoms with Gasteiger partial charge >= 0.3 is 12.1 Å². The van der Waals surface area contributed by atoms with E-state index in [-0.39, 0.29) is 29.7 Å². The van der Waals surface area contributed by atoms with Gasteiger partial charge in [-0.05, 0) is 31.2 Å². The standard InChI is InChI=1S/C17H14F3N3O2/c1-2-25-15(24)12-7-5-8-13-14(12)22-16(17(18,19)20)23(13)10-11-6-3-4-9-21-11/h3-9H,2,10H2,1H3. The summed E-state index contributed by atoms with van der Waals surface area (Å²) < 4.78 is 46.3. The van der Waals surface area contributed by atoms with Crippen molar-refractivity contribution in [3.05, 3.63) is 59.7 Å². The highest BCUT2D eigenvalue weighted by atomic mass is 19.4. The lowest BCUT2D eigenvalue weighted by atomic mass is 10.2. The molecule has 0 radical (unpaired) electrons. The van der Waals surface area contributed by atoms with Gasteiger partial charge < -0.3 is 9.30 Å². The van der Waals surface area contributed by atoms with Crippen LogP contribution in [-0.4, -0.2) is 27.1 Å². The third-order valence-corrected chi connectivity index (χ3v) is 3.57. The summed E-state index contributed by atoms with van der Waals surface area (Å²) in [6.07, 6.45) is -3.16. The van der Waals surface area contributed by atoms with Crippen molar-refractivity contribution in [1.29, 1.82) is 0 Å². The molecule has 130 valence electrons. The molecule has 0 aliphatic heterocycles. The van der Waals surface area contributed by atoms with Crippen molar-refractivity contribution < 1.29 is 22.7 Å². The molecule has 0 atom stereocenters. The largest absolute Gasteiger partial charge is 0.462 e. The highest BCUT2D eigenvalue weighted by Gasteiger charge is 2.38. The Kier molecular flexibility index (Phi) is 4.43. The van der Waals surface area contributed by atoms with Crippen molar-refractivity contribution in [3.8, 4) is 0 Å². The van der Waals surface area contributed by atoms with Crippen LogP contribution in [-0.2, 0) is 17.5 Å². The van der Waals surface area contributed by atoms with Crippen molar-refractivity contribution >= 4 is 17.0 Å². The molecule has 0 saturated heterocycles. The van der Waals surface area contributed by atoms with E-state index < -0.39 is 18.0 Å². The zero-order valence-electron chi connectivity index (χ0n) is 13.2. The maximum Gasteiger partial charge on any atom is 0.449 e. The lowest BCUT2D eigenvalue weighted by Gasteiger charge is -2.11. The number of ether oxygens (including phenoxy) is 1. The summed E-state index contributed by atoms with van der Waals surface area (Å²) in [7, 11) is 0. The number of rotatable bonds is 4. The molecular formula is C17H14F3N3O2. The van der Waals surface area contributed by atoms with E-state index >= 15 is 0 Å². The average Bonchev–Trinajstić information content (AvgIpc) is 2.95. The zero-order valence-corrected chi connectivity index (χ0v) is 13.2. The molecule has 3 rings (SSSR count). The fourth-order valence-electron chi connectivity index (χ4n) is 2.55. The van der Waals surface area contributed by atoms with Gasteiger partial charge in [0.2, 0.25) is 5.82 Å². The van der Waals surface area contributed by atoms with Gasteiger partial charge in [0.25, 0.3) is 0 Å². The van der Waals surface area contributed by atoms with Crippen molar-refractivity contribution in [2.75, 3.05) is 6.61 Å². The Balaban J connectivity index is 2.20. The van der Waals surface area contributed by atoms with Crippen LogP contribution in [0.5, 0.6) is 0 Å². The number of imidazole rings is 1. The van der Waals surface area contributed by atoms with Crippen LogP contribution in [0.3, 0.4) is 0 Å². The first-order chi connectivity index (χ1) is 11.9. The van der Waals surface area contributed by atoms with Crippen LogP contribution in [0.2, 0.25) is 0 Å². The second kappa shape index (κ2) is 6.54. The van der Waals surface area contributed by atoms with Crippen molar-refractivity contribution in [1.82, 2.24) is 14.5 Å². The van der Waals surface area contributed by atoms with Crippen LogP contribution in [0.1, 0.15) is 28.8 Å². The van der Waals surface area contributed by atoms with Gasteiger partial charge in [-0.2, -0.15) is 13.2 Å². The monoisotopic (exact) mass is 349 g/mol. The van der Waals surface area contributed by atoms with E-state index in [4.69, 9.17) is 4.74 Å². The summed E-state index contributed by atoms with van der Waals surface area (Å²) in [6, 6.07) is 9.39. The Morgan fingerprint density at radius 1 is 1.20 bits per heavy atom. The fraction of sp³-hybridized carbons (Fsp3) is 0.235. The number of hydrogen-bond acceptors (Lipinski definition) is 4. The van der Waals surface area contributed by atoms with E-state index in [0.29, 0.717) is 5.69 Å². The van der Waals surface area contributed by atoms with Gasteiger partial charge in [0, 0.05) is 6.20 Å². The number of esters is 1. The van der Waals surface area contributed by atoms with Crippen LogP contribution >= 0.6 is 0 Å². The van der Waals surface area contributed by atoms with Gasteiger partial charge in [-0.25, -0.2) is 9.78 Å². The summed E-state index contributed by atoms with van der Waals surface area (Å²) in [5.41, 5.74) is 0.617. The minimum atomic E-state index is -4.67. The Hall–Kier alpha value is -2.90. The minimum Gasteiger partial charge on any atom is -0.462 e. The Morgan fingerprint density at radius 2 is 2.00 bits per heavy atom. The fourth-order valence-corrected chi connectivity index (χ4v) is 2.55. The summed E-state index contributed by atoms with van der Waals surface area (Å²) >= 11 is 0. The molecule has 0 bridgehead atoms. The number of halogens is 3. The maximum atomic E-state index is 13.5. The van der Waals surface area contributed by atoms with Crippen LogP contribution in [0, 0.1) is 0 Å². The van der Waals surface area contributed by atoms with Crippen LogP contribution in [0.15, 0.2) is 42.6 Å². The van der Waals surface area contributed by atoms with Gasteiger partial charge in [0.05, 0.1) is 29.9 Å². The highest BCUT2D eigenvalue weighted by molar-refractivity contribution is 6.02. The Labute approximate surface area is 141 Å². The number of nitrogens with zero attached hydrogens (tertiary/aromatic N) is 3. The maximum absolute atomic E-state index is 13.5. The van der Waals surface area contributed by atoms with Gasteiger partial charge in [-0.1, -0.05) is 12.1 Å². The van der Waals surface area contributed by atoms with Crippen molar-refractivity contribution in [2.24, 2.45) is 0 Å². The number of aromatic nitrogens is 3. The quantitative estimate of drug-likeness (QED) is 0.675. The van der Waals surface area contributed by atoms with E-state index in [1.165, 1.54) is 24.4 Å². The van der Waals surface area contributed by atoms with Gasteiger partial charge in [0.1, 0.15) is 5.52 Å². The average molecular weight is 349 g/mol. The molecule has 3 aromatic rings. The number of alkyl halides is 3. The molecule has 0 saturated carbocycles. The first-order valence-electron chi connectivity index (χ1n) is 7.55. The molecule has 0 aliphatic carbocycles. The molecule has 1 aromatic carbocycles. The lowest BCUT2D eigenvalue weighted by Crippen LogP contribution is -2.16. The van der Waals surface area contributed by atoms with Crippen LogP contribution in [0.25, 0.3) is 11.0 Å². The molecule has 0 aliphatic rings. The molecule has 8 heteroatoms. The topological polar surface area (TPSA) is 57.0 Å². The molecule has 2 heterocycles. The van der Waals surface area contributed by atoms with Crippen LogP contribution in [0.4, 0.5) is 13.2 Å². The second-order valence-electron chi connectivity index (χ2n) is 5.23. The summed E-state index contributed by atoms with van der Waals surface area (Å²) in [5, 5.41) is 0. The molecule has 0 N–H and O–H groups in total. The lowest BCUT2D eigenvalue weighted by molar-refractivity contribution is -0.146. The molecule has 0 spiro atoms. The third kappa shape index (κ3) is 3.33. The first-order valence-corrected chi connectivity index (χ1v) is 7.55. The van der Waals surface area contributed by atoms with E-state index in [0.717, 1.165) is 4.57 Å². The van der Waals surface area contributed by atoms with E-state index in [1.54, 1.807) is 25.1 Å². The predicted molar refractivity (Wildman–Crippen MR) is 84.0 cm³/mol. The number of benzene rings is 1. The van der Waals surface area contributed by atoms with E-state index in [2.05, 4.69) is 9.97 Å².